The molecule has 2 N–H and O–H groups in total. The molecule has 19 heavy (non-hydrogen) atoms. The van der Waals surface area contributed by atoms with Crippen LogP contribution in [0.25, 0.3) is 0 Å². The molecule has 1 heterocycles. The van der Waals surface area contributed by atoms with Crippen molar-refractivity contribution in [1.29, 1.82) is 0 Å². The van der Waals surface area contributed by atoms with Gasteiger partial charge in [0.15, 0.2) is 0 Å². The van der Waals surface area contributed by atoms with E-state index in [2.05, 4.69) is 10.3 Å². The highest BCUT2D eigenvalue weighted by atomic mass is 32.1. The van der Waals surface area contributed by atoms with Crippen LogP contribution in [-0.4, -0.2) is 16.1 Å². The van der Waals surface area contributed by atoms with Gasteiger partial charge in [-0.2, -0.15) is 0 Å². The fourth-order valence-electron chi connectivity index (χ4n) is 1.52. The monoisotopic (exact) mass is 284 g/mol. The number of carboxylic acids is 1. The first-order chi connectivity index (χ1) is 8.99. The zero-order valence-electron chi connectivity index (χ0n) is 9.91. The van der Waals surface area contributed by atoms with E-state index in [-0.39, 0.29) is 5.69 Å². The van der Waals surface area contributed by atoms with Gasteiger partial charge in [-0.1, -0.05) is 0 Å². The number of halogens is 2. The van der Waals surface area contributed by atoms with E-state index in [4.69, 9.17) is 5.11 Å². The van der Waals surface area contributed by atoms with E-state index in [0.29, 0.717) is 12.6 Å². The molecule has 0 radical (unpaired) electrons. The number of anilines is 1. The van der Waals surface area contributed by atoms with Crippen LogP contribution >= 0.6 is 11.3 Å². The third-order valence-corrected chi connectivity index (χ3v) is 3.51. The summed E-state index contributed by atoms with van der Waals surface area (Å²) >= 11 is 1.40. The fourth-order valence-corrected chi connectivity index (χ4v) is 2.24. The van der Waals surface area contributed by atoms with Crippen LogP contribution < -0.4 is 5.32 Å². The minimum absolute atomic E-state index is 0.0494. The SMILES string of the molecule is Cc1ncsc1CNc1cc(C(=O)O)c(F)cc1F. The summed E-state index contributed by atoms with van der Waals surface area (Å²) in [7, 11) is 0. The molecule has 0 bridgehead atoms. The van der Waals surface area contributed by atoms with E-state index in [1.165, 1.54) is 11.3 Å². The molecule has 0 amide bonds. The highest BCUT2D eigenvalue weighted by molar-refractivity contribution is 7.09. The predicted octanol–water partition coefficient (Wildman–Crippen LogP) is 3.04. The summed E-state index contributed by atoms with van der Waals surface area (Å²) in [6, 6.07) is 1.51. The molecule has 0 saturated heterocycles. The van der Waals surface area contributed by atoms with Crippen LogP contribution in [0.3, 0.4) is 0 Å². The summed E-state index contributed by atoms with van der Waals surface area (Å²) < 4.78 is 26.7. The van der Waals surface area contributed by atoms with Crippen molar-refractivity contribution >= 4 is 23.0 Å². The summed E-state index contributed by atoms with van der Waals surface area (Å²) in [5.41, 5.74) is 1.87. The molecular formula is C12H10F2N2O2S. The Morgan fingerprint density at radius 2 is 2.16 bits per heavy atom. The average molecular weight is 284 g/mol. The topological polar surface area (TPSA) is 62.2 Å². The molecule has 4 nitrogen and oxygen atoms in total. The normalized spacial score (nSPS) is 10.5. The van der Waals surface area contributed by atoms with Gasteiger partial charge in [0.25, 0.3) is 0 Å². The number of hydrogen-bond donors (Lipinski definition) is 2. The summed E-state index contributed by atoms with van der Waals surface area (Å²) in [6.45, 7) is 2.12. The number of nitrogens with zero attached hydrogens (tertiary/aromatic N) is 1. The van der Waals surface area contributed by atoms with Crippen LogP contribution in [-0.2, 0) is 6.54 Å². The standard InChI is InChI=1S/C12H10F2N2O2S/c1-6-11(19-5-16-6)4-15-10-2-7(12(17)18)8(13)3-9(10)14/h2-3,5,15H,4H2,1H3,(H,17,18). The number of hydrogen-bond acceptors (Lipinski definition) is 4. The van der Waals surface area contributed by atoms with E-state index in [1.54, 1.807) is 5.51 Å². The van der Waals surface area contributed by atoms with Gasteiger partial charge in [-0.25, -0.2) is 18.6 Å². The van der Waals surface area contributed by atoms with Crippen LogP contribution in [0.15, 0.2) is 17.6 Å². The van der Waals surface area contributed by atoms with Gasteiger partial charge in [0, 0.05) is 10.9 Å². The number of nitrogens with one attached hydrogen (secondary N) is 1. The molecule has 0 aliphatic carbocycles. The minimum atomic E-state index is -1.44. The van der Waals surface area contributed by atoms with Crippen molar-refractivity contribution in [2.24, 2.45) is 0 Å². The quantitative estimate of drug-likeness (QED) is 0.906. The summed E-state index contributed by atoms with van der Waals surface area (Å²) in [6.07, 6.45) is 0. The Morgan fingerprint density at radius 1 is 1.42 bits per heavy atom. The molecule has 0 atom stereocenters. The van der Waals surface area contributed by atoms with Gasteiger partial charge >= 0.3 is 5.97 Å². The Morgan fingerprint density at radius 3 is 2.74 bits per heavy atom. The van der Waals surface area contributed by atoms with Crippen molar-refractivity contribution in [3.8, 4) is 0 Å². The van der Waals surface area contributed by atoms with Gasteiger partial charge in [0.2, 0.25) is 0 Å². The molecular weight excluding hydrogens is 274 g/mol. The van der Waals surface area contributed by atoms with E-state index >= 15 is 0 Å². The molecule has 1 aromatic heterocycles. The van der Waals surface area contributed by atoms with Gasteiger partial charge < -0.3 is 10.4 Å². The highest BCUT2D eigenvalue weighted by Gasteiger charge is 2.15. The first kappa shape index (κ1) is 13.4. The van der Waals surface area contributed by atoms with E-state index in [1.807, 2.05) is 6.92 Å². The molecule has 0 unspecified atom stereocenters. The second-order valence-electron chi connectivity index (χ2n) is 3.83. The number of benzene rings is 1. The van der Waals surface area contributed by atoms with Crippen molar-refractivity contribution in [2.75, 3.05) is 5.32 Å². The minimum Gasteiger partial charge on any atom is -0.478 e. The van der Waals surface area contributed by atoms with Crippen molar-refractivity contribution in [1.82, 2.24) is 4.98 Å². The van der Waals surface area contributed by atoms with E-state index in [9.17, 15) is 13.6 Å². The molecule has 0 aliphatic rings. The van der Waals surface area contributed by atoms with Gasteiger partial charge in [-0.05, 0) is 13.0 Å². The maximum absolute atomic E-state index is 13.5. The lowest BCUT2D eigenvalue weighted by atomic mass is 10.1. The predicted molar refractivity (Wildman–Crippen MR) is 67.5 cm³/mol. The number of aromatic carboxylic acids is 1. The van der Waals surface area contributed by atoms with Gasteiger partial charge in [0.1, 0.15) is 11.6 Å². The smallest absolute Gasteiger partial charge is 0.338 e. The lowest BCUT2D eigenvalue weighted by molar-refractivity contribution is 0.0692. The Labute approximate surface area is 111 Å². The number of thiazole rings is 1. The Balaban J connectivity index is 2.23. The van der Waals surface area contributed by atoms with Gasteiger partial charge in [-0.15, -0.1) is 11.3 Å². The molecule has 0 aliphatic heterocycles. The average Bonchev–Trinajstić information content (AvgIpc) is 2.73. The van der Waals surface area contributed by atoms with E-state index in [0.717, 1.165) is 16.6 Å². The Bertz CT molecular complexity index is 628. The molecule has 0 saturated carbocycles. The highest BCUT2D eigenvalue weighted by Crippen LogP contribution is 2.21. The first-order valence-corrected chi connectivity index (χ1v) is 6.22. The van der Waals surface area contributed by atoms with Crippen LogP contribution in [0, 0.1) is 18.6 Å². The van der Waals surface area contributed by atoms with Gasteiger partial charge in [0.05, 0.1) is 29.0 Å². The third-order valence-electron chi connectivity index (χ3n) is 2.57. The van der Waals surface area contributed by atoms with Crippen LogP contribution in [0.4, 0.5) is 14.5 Å². The molecule has 0 spiro atoms. The summed E-state index contributed by atoms with van der Waals surface area (Å²) in [5.74, 6) is -3.36. The maximum atomic E-state index is 13.5. The number of carbonyl (C=O) groups is 1. The zero-order valence-corrected chi connectivity index (χ0v) is 10.7. The second-order valence-corrected chi connectivity index (χ2v) is 4.77. The molecule has 2 aromatic rings. The van der Waals surface area contributed by atoms with Crippen molar-refractivity contribution in [3.63, 3.8) is 0 Å². The summed E-state index contributed by atoms with van der Waals surface area (Å²) in [5, 5.41) is 11.5. The van der Waals surface area contributed by atoms with Crippen LogP contribution in [0.2, 0.25) is 0 Å². The third kappa shape index (κ3) is 2.87. The zero-order chi connectivity index (χ0) is 14.0. The second kappa shape index (κ2) is 5.31. The van der Waals surface area contributed by atoms with Crippen LogP contribution in [0.1, 0.15) is 20.9 Å². The maximum Gasteiger partial charge on any atom is 0.338 e. The van der Waals surface area contributed by atoms with E-state index < -0.39 is 23.2 Å². The molecule has 2 rings (SSSR count). The Kier molecular flexibility index (Phi) is 3.75. The lowest BCUT2D eigenvalue weighted by Crippen LogP contribution is -2.06. The van der Waals surface area contributed by atoms with Crippen molar-refractivity contribution < 1.29 is 18.7 Å². The summed E-state index contributed by atoms with van der Waals surface area (Å²) in [4.78, 5) is 15.7. The first-order valence-electron chi connectivity index (χ1n) is 5.34. The molecule has 7 heteroatoms. The van der Waals surface area contributed by atoms with Crippen molar-refractivity contribution in [2.45, 2.75) is 13.5 Å². The number of aryl methyl sites for hydroxylation is 1. The molecule has 100 valence electrons. The largest absolute Gasteiger partial charge is 0.478 e. The Hall–Kier alpha value is -2.02. The van der Waals surface area contributed by atoms with Crippen LogP contribution in [0.5, 0.6) is 0 Å². The van der Waals surface area contributed by atoms with Crippen molar-refractivity contribution in [3.05, 3.63) is 45.4 Å². The van der Waals surface area contributed by atoms with Gasteiger partial charge in [-0.3, -0.25) is 0 Å². The lowest BCUT2D eigenvalue weighted by Gasteiger charge is -2.08. The number of aromatic nitrogens is 1. The molecule has 1 aromatic carbocycles. The molecule has 0 fully saturated rings. The number of carboxylic acid groups (broad SMARTS) is 1. The number of rotatable bonds is 4. The fraction of sp³-hybridized carbons (Fsp3) is 0.167.